The van der Waals surface area contributed by atoms with Crippen LogP contribution in [0.3, 0.4) is 0 Å². The van der Waals surface area contributed by atoms with Crippen molar-refractivity contribution >= 4 is 5.91 Å². The summed E-state index contributed by atoms with van der Waals surface area (Å²) >= 11 is 0. The molecule has 1 amide bonds. The number of rotatable bonds is 3. The summed E-state index contributed by atoms with van der Waals surface area (Å²) in [5.74, 6) is 0.0515. The third-order valence-corrected chi connectivity index (χ3v) is 4.04. The Bertz CT molecular complexity index is 428. The van der Waals surface area contributed by atoms with E-state index in [1.54, 1.807) is 12.4 Å². The first-order valence-electron chi connectivity index (χ1n) is 7.45. The molecule has 2 aliphatic rings. The molecule has 2 fully saturated rings. The lowest BCUT2D eigenvalue weighted by atomic mass is 10.2. The minimum absolute atomic E-state index is 0.0515. The molecule has 0 saturated carbocycles. The summed E-state index contributed by atoms with van der Waals surface area (Å²) in [4.78, 5) is 16.7. The molecule has 6 heteroatoms. The molecule has 3 heterocycles. The van der Waals surface area contributed by atoms with Gasteiger partial charge in [-0.25, -0.2) is 0 Å². The first kappa shape index (κ1) is 13.6. The molecule has 0 spiro atoms. The quantitative estimate of drug-likeness (QED) is 0.886. The Labute approximate surface area is 119 Å². The zero-order valence-electron chi connectivity index (χ0n) is 11.8. The normalized spacial score (nSPS) is 24.8. The van der Waals surface area contributed by atoms with Crippen LogP contribution in [0.2, 0.25) is 0 Å². The number of aromatic amines is 1. The maximum atomic E-state index is 12.4. The molecule has 1 atom stereocenters. The van der Waals surface area contributed by atoms with Crippen molar-refractivity contribution in [3.63, 3.8) is 0 Å². The average Bonchev–Trinajstić information content (AvgIpc) is 3.10. The van der Waals surface area contributed by atoms with E-state index in [0.717, 1.165) is 39.2 Å². The second kappa shape index (κ2) is 6.37. The fourth-order valence-corrected chi connectivity index (χ4v) is 2.99. The molecule has 1 aromatic rings. The first-order valence-corrected chi connectivity index (χ1v) is 7.45. The van der Waals surface area contributed by atoms with Crippen molar-refractivity contribution < 1.29 is 9.53 Å². The summed E-state index contributed by atoms with van der Waals surface area (Å²) in [5.41, 5.74) is 0.631. The molecule has 0 bridgehead atoms. The smallest absolute Gasteiger partial charge is 0.257 e. The number of ether oxygens (including phenoxy) is 1. The number of nitrogens with zero attached hydrogens (tertiary/aromatic N) is 3. The lowest BCUT2D eigenvalue weighted by molar-refractivity contribution is 0.0297. The Hall–Kier alpha value is -1.40. The predicted molar refractivity (Wildman–Crippen MR) is 74.5 cm³/mol. The van der Waals surface area contributed by atoms with Crippen molar-refractivity contribution in [3.8, 4) is 0 Å². The van der Waals surface area contributed by atoms with E-state index in [2.05, 4.69) is 15.1 Å². The molecule has 2 saturated heterocycles. The molecule has 0 aromatic carbocycles. The predicted octanol–water partition coefficient (Wildman–Crippen LogP) is 0.737. The van der Waals surface area contributed by atoms with Gasteiger partial charge in [0.05, 0.1) is 17.9 Å². The molecule has 3 rings (SSSR count). The van der Waals surface area contributed by atoms with Crippen LogP contribution in [-0.2, 0) is 4.74 Å². The molecular weight excluding hydrogens is 256 g/mol. The van der Waals surface area contributed by atoms with Crippen molar-refractivity contribution in [1.29, 1.82) is 0 Å². The third-order valence-electron chi connectivity index (χ3n) is 4.04. The summed E-state index contributed by atoms with van der Waals surface area (Å²) < 4.78 is 5.90. The summed E-state index contributed by atoms with van der Waals surface area (Å²) in [6.07, 6.45) is 6.84. The molecule has 0 aliphatic carbocycles. The van der Waals surface area contributed by atoms with E-state index in [1.807, 2.05) is 4.90 Å². The van der Waals surface area contributed by atoms with Gasteiger partial charge in [-0.3, -0.25) is 9.89 Å². The molecule has 0 radical (unpaired) electrons. The number of hydrogen-bond acceptors (Lipinski definition) is 4. The minimum atomic E-state index is 0.0515. The van der Waals surface area contributed by atoms with E-state index in [0.29, 0.717) is 12.1 Å². The van der Waals surface area contributed by atoms with Gasteiger partial charge < -0.3 is 14.5 Å². The highest BCUT2D eigenvalue weighted by atomic mass is 16.5. The van der Waals surface area contributed by atoms with Gasteiger partial charge >= 0.3 is 0 Å². The molecule has 6 nitrogen and oxygen atoms in total. The molecule has 2 aliphatic heterocycles. The number of H-pyrrole nitrogens is 1. The Kier molecular flexibility index (Phi) is 4.32. The van der Waals surface area contributed by atoms with Crippen LogP contribution >= 0.6 is 0 Å². The van der Waals surface area contributed by atoms with Gasteiger partial charge in [0.1, 0.15) is 0 Å². The van der Waals surface area contributed by atoms with E-state index in [9.17, 15) is 4.79 Å². The molecule has 20 heavy (non-hydrogen) atoms. The number of likely N-dealkylation sites (tertiary alicyclic amines) is 1. The maximum absolute atomic E-state index is 12.4. The fraction of sp³-hybridized carbons (Fsp3) is 0.714. The zero-order valence-corrected chi connectivity index (χ0v) is 11.8. The number of carbonyl (C=O) groups is 1. The standard InChI is InChI=1S/C14H22N4O2/c19-14(12-8-15-16-9-12)18-6-3-7-20-13(11-18)10-17-4-1-2-5-17/h8-9,13H,1-7,10-11H2,(H,15,16)/t13-/m1/s1. The van der Waals surface area contributed by atoms with Crippen LogP contribution in [0.1, 0.15) is 29.6 Å². The van der Waals surface area contributed by atoms with E-state index >= 15 is 0 Å². The van der Waals surface area contributed by atoms with Crippen LogP contribution in [0.4, 0.5) is 0 Å². The Balaban J connectivity index is 1.61. The number of carbonyl (C=O) groups excluding carboxylic acids is 1. The fourth-order valence-electron chi connectivity index (χ4n) is 2.99. The molecule has 1 N–H and O–H groups in total. The highest BCUT2D eigenvalue weighted by Crippen LogP contribution is 2.14. The van der Waals surface area contributed by atoms with Gasteiger partial charge in [-0.05, 0) is 32.4 Å². The van der Waals surface area contributed by atoms with E-state index < -0.39 is 0 Å². The lowest BCUT2D eigenvalue weighted by Gasteiger charge is -2.26. The second-order valence-corrected chi connectivity index (χ2v) is 5.59. The number of nitrogens with one attached hydrogen (secondary N) is 1. The Morgan fingerprint density at radius 1 is 1.35 bits per heavy atom. The number of hydrogen-bond donors (Lipinski definition) is 1. The average molecular weight is 278 g/mol. The van der Waals surface area contributed by atoms with Gasteiger partial charge in [0, 0.05) is 32.4 Å². The van der Waals surface area contributed by atoms with E-state index in [1.165, 1.54) is 12.8 Å². The largest absolute Gasteiger partial charge is 0.375 e. The van der Waals surface area contributed by atoms with Crippen LogP contribution in [0.15, 0.2) is 12.4 Å². The lowest BCUT2D eigenvalue weighted by Crippen LogP contribution is -2.41. The van der Waals surface area contributed by atoms with Crippen molar-refractivity contribution in [3.05, 3.63) is 18.0 Å². The monoisotopic (exact) mass is 278 g/mol. The summed E-state index contributed by atoms with van der Waals surface area (Å²) in [6, 6.07) is 0. The Morgan fingerprint density at radius 2 is 2.20 bits per heavy atom. The van der Waals surface area contributed by atoms with Gasteiger partial charge in [-0.1, -0.05) is 0 Å². The van der Waals surface area contributed by atoms with Crippen molar-refractivity contribution in [2.75, 3.05) is 39.3 Å². The third kappa shape index (κ3) is 3.19. The van der Waals surface area contributed by atoms with Gasteiger partial charge in [-0.15, -0.1) is 0 Å². The van der Waals surface area contributed by atoms with Crippen LogP contribution in [0, 0.1) is 0 Å². The summed E-state index contributed by atoms with van der Waals surface area (Å²) in [5, 5.41) is 6.55. The van der Waals surface area contributed by atoms with Crippen LogP contribution in [-0.4, -0.2) is 71.3 Å². The maximum Gasteiger partial charge on any atom is 0.257 e. The van der Waals surface area contributed by atoms with E-state index in [-0.39, 0.29) is 12.0 Å². The van der Waals surface area contributed by atoms with Crippen molar-refractivity contribution in [1.82, 2.24) is 20.0 Å². The number of amides is 1. The molecular formula is C14H22N4O2. The summed E-state index contributed by atoms with van der Waals surface area (Å²) in [7, 11) is 0. The Morgan fingerprint density at radius 3 is 2.95 bits per heavy atom. The minimum Gasteiger partial charge on any atom is -0.375 e. The van der Waals surface area contributed by atoms with Crippen LogP contribution in [0.5, 0.6) is 0 Å². The van der Waals surface area contributed by atoms with Crippen molar-refractivity contribution in [2.45, 2.75) is 25.4 Å². The highest BCUT2D eigenvalue weighted by Gasteiger charge is 2.26. The second-order valence-electron chi connectivity index (χ2n) is 5.59. The van der Waals surface area contributed by atoms with Gasteiger partial charge in [0.2, 0.25) is 0 Å². The number of aromatic nitrogens is 2. The molecule has 110 valence electrons. The molecule has 0 unspecified atom stereocenters. The van der Waals surface area contributed by atoms with E-state index in [4.69, 9.17) is 4.74 Å². The van der Waals surface area contributed by atoms with Crippen molar-refractivity contribution in [2.24, 2.45) is 0 Å². The molecule has 1 aromatic heterocycles. The first-order chi connectivity index (χ1) is 9.83. The summed E-state index contributed by atoms with van der Waals surface area (Å²) in [6.45, 7) is 5.45. The van der Waals surface area contributed by atoms with Crippen LogP contribution in [0.25, 0.3) is 0 Å². The van der Waals surface area contributed by atoms with Gasteiger partial charge in [-0.2, -0.15) is 5.10 Å². The highest BCUT2D eigenvalue weighted by molar-refractivity contribution is 5.93. The topological polar surface area (TPSA) is 61.5 Å². The van der Waals surface area contributed by atoms with Gasteiger partial charge in [0.25, 0.3) is 5.91 Å². The van der Waals surface area contributed by atoms with Crippen LogP contribution < -0.4 is 0 Å². The SMILES string of the molecule is O=C(c1cn[nH]c1)N1CCCO[C@H](CN2CCCC2)C1. The van der Waals surface area contributed by atoms with Gasteiger partial charge in [0.15, 0.2) is 0 Å². The zero-order chi connectivity index (χ0) is 13.8.